The maximum absolute atomic E-state index is 11.5. The van der Waals surface area contributed by atoms with Crippen LogP contribution in [-0.4, -0.2) is 37.1 Å². The number of carbonyl (C=O) groups excluding carboxylic acids is 1. The topological polar surface area (TPSA) is 53.2 Å². The Morgan fingerprint density at radius 3 is 2.78 bits per heavy atom. The van der Waals surface area contributed by atoms with E-state index in [2.05, 4.69) is 22.9 Å². The molecule has 0 spiro atoms. The van der Waals surface area contributed by atoms with E-state index in [0.717, 1.165) is 13.0 Å². The maximum Gasteiger partial charge on any atom is 0.234 e. The van der Waals surface area contributed by atoms with Gasteiger partial charge >= 0.3 is 0 Å². The van der Waals surface area contributed by atoms with E-state index in [4.69, 9.17) is 0 Å². The summed E-state index contributed by atoms with van der Waals surface area (Å²) in [5.74, 6) is 0.0886. The van der Waals surface area contributed by atoms with Gasteiger partial charge in [-0.1, -0.05) is 12.8 Å². The third kappa shape index (κ3) is 6.97. The fourth-order valence-electron chi connectivity index (χ4n) is 2.45. The summed E-state index contributed by atoms with van der Waals surface area (Å²) in [6.07, 6.45) is 6.36. The Labute approximate surface area is 111 Å². The first-order valence-corrected chi connectivity index (χ1v) is 7.34. The molecule has 2 atom stereocenters. The zero-order valence-electron chi connectivity index (χ0n) is 12.1. The van der Waals surface area contributed by atoms with Gasteiger partial charge in [-0.25, -0.2) is 0 Å². The lowest BCUT2D eigenvalue weighted by atomic mass is 10.0. The van der Waals surface area contributed by atoms with Crippen molar-refractivity contribution in [3.05, 3.63) is 0 Å². The average Bonchev–Trinajstić information content (AvgIpc) is 2.54. The molecule has 1 rings (SSSR count). The van der Waals surface area contributed by atoms with Crippen LogP contribution in [-0.2, 0) is 4.79 Å². The van der Waals surface area contributed by atoms with Crippen LogP contribution in [0.25, 0.3) is 0 Å². The molecule has 4 nitrogen and oxygen atoms in total. The third-order valence-electron chi connectivity index (χ3n) is 3.36. The van der Waals surface area contributed by atoms with E-state index in [9.17, 15) is 4.79 Å². The summed E-state index contributed by atoms with van der Waals surface area (Å²) in [6.45, 7) is 7.69. The van der Waals surface area contributed by atoms with E-state index in [-0.39, 0.29) is 11.9 Å². The van der Waals surface area contributed by atoms with Crippen LogP contribution in [0.1, 0.15) is 52.9 Å². The molecule has 18 heavy (non-hydrogen) atoms. The lowest BCUT2D eigenvalue weighted by Gasteiger charge is -2.21. The van der Waals surface area contributed by atoms with Gasteiger partial charge in [-0.2, -0.15) is 0 Å². The molecule has 1 heterocycles. The van der Waals surface area contributed by atoms with Gasteiger partial charge in [0.1, 0.15) is 0 Å². The summed E-state index contributed by atoms with van der Waals surface area (Å²) in [5.41, 5.74) is 0. The molecular formula is C14H29N3O. The molecular weight excluding hydrogens is 226 g/mol. The molecule has 3 N–H and O–H groups in total. The molecule has 1 fully saturated rings. The van der Waals surface area contributed by atoms with E-state index in [1.807, 2.05) is 13.8 Å². The SMILES string of the molecule is CC(C)NC(=O)CNC(C)CC1CCCCCN1. The van der Waals surface area contributed by atoms with Crippen molar-refractivity contribution in [3.63, 3.8) is 0 Å². The fourth-order valence-corrected chi connectivity index (χ4v) is 2.45. The second-order valence-corrected chi connectivity index (χ2v) is 5.74. The predicted octanol–water partition coefficient (Wildman–Crippen LogP) is 1.41. The Morgan fingerprint density at radius 1 is 1.28 bits per heavy atom. The molecule has 0 aliphatic carbocycles. The van der Waals surface area contributed by atoms with Crippen LogP contribution in [0.3, 0.4) is 0 Å². The van der Waals surface area contributed by atoms with Gasteiger partial charge in [-0.15, -0.1) is 0 Å². The van der Waals surface area contributed by atoms with E-state index < -0.39 is 0 Å². The Hall–Kier alpha value is -0.610. The molecule has 1 aliphatic rings. The third-order valence-corrected chi connectivity index (χ3v) is 3.36. The lowest BCUT2D eigenvalue weighted by molar-refractivity contribution is -0.120. The molecule has 0 bridgehead atoms. The Bertz CT molecular complexity index is 235. The number of hydrogen-bond acceptors (Lipinski definition) is 3. The highest BCUT2D eigenvalue weighted by Crippen LogP contribution is 2.12. The van der Waals surface area contributed by atoms with Gasteiger partial charge in [0, 0.05) is 18.1 Å². The molecule has 1 aliphatic heterocycles. The first kappa shape index (κ1) is 15.4. The van der Waals surface area contributed by atoms with Crippen LogP contribution in [0.5, 0.6) is 0 Å². The summed E-state index contributed by atoms with van der Waals surface area (Å²) in [6, 6.07) is 1.22. The maximum atomic E-state index is 11.5. The van der Waals surface area contributed by atoms with E-state index >= 15 is 0 Å². The van der Waals surface area contributed by atoms with E-state index in [1.165, 1.54) is 25.7 Å². The van der Waals surface area contributed by atoms with Crippen molar-refractivity contribution in [2.24, 2.45) is 0 Å². The second kappa shape index (κ2) is 8.48. The largest absolute Gasteiger partial charge is 0.353 e. The van der Waals surface area contributed by atoms with Crippen LogP contribution < -0.4 is 16.0 Å². The van der Waals surface area contributed by atoms with Gasteiger partial charge in [-0.05, 0) is 46.6 Å². The lowest BCUT2D eigenvalue weighted by Crippen LogP contribution is -2.43. The summed E-state index contributed by atoms with van der Waals surface area (Å²) in [5, 5.41) is 9.79. The molecule has 0 saturated carbocycles. The molecule has 4 heteroatoms. The minimum atomic E-state index is 0.0886. The molecule has 1 amide bonds. The minimum absolute atomic E-state index is 0.0886. The van der Waals surface area contributed by atoms with Crippen LogP contribution in [0.15, 0.2) is 0 Å². The highest BCUT2D eigenvalue weighted by Gasteiger charge is 2.15. The molecule has 0 aromatic heterocycles. The van der Waals surface area contributed by atoms with Crippen molar-refractivity contribution in [1.82, 2.24) is 16.0 Å². The highest BCUT2D eigenvalue weighted by atomic mass is 16.1. The monoisotopic (exact) mass is 255 g/mol. The van der Waals surface area contributed by atoms with E-state index in [0.29, 0.717) is 18.6 Å². The molecule has 0 aromatic carbocycles. The predicted molar refractivity (Wildman–Crippen MR) is 75.6 cm³/mol. The highest BCUT2D eigenvalue weighted by molar-refractivity contribution is 5.78. The quantitative estimate of drug-likeness (QED) is 0.673. The van der Waals surface area contributed by atoms with Crippen LogP contribution in [0, 0.1) is 0 Å². The van der Waals surface area contributed by atoms with Crippen molar-refractivity contribution < 1.29 is 4.79 Å². The van der Waals surface area contributed by atoms with Gasteiger partial charge in [0.2, 0.25) is 5.91 Å². The molecule has 106 valence electrons. The van der Waals surface area contributed by atoms with Gasteiger partial charge in [-0.3, -0.25) is 4.79 Å². The first-order valence-electron chi connectivity index (χ1n) is 7.34. The first-order chi connectivity index (χ1) is 8.58. The minimum Gasteiger partial charge on any atom is -0.353 e. The molecule has 0 radical (unpaired) electrons. The van der Waals surface area contributed by atoms with Gasteiger partial charge < -0.3 is 16.0 Å². The smallest absolute Gasteiger partial charge is 0.234 e. The summed E-state index contributed by atoms with van der Waals surface area (Å²) in [4.78, 5) is 11.5. The number of carbonyl (C=O) groups is 1. The Balaban J connectivity index is 2.15. The summed E-state index contributed by atoms with van der Waals surface area (Å²) in [7, 11) is 0. The van der Waals surface area contributed by atoms with Crippen molar-refractivity contribution in [3.8, 4) is 0 Å². The van der Waals surface area contributed by atoms with Crippen LogP contribution >= 0.6 is 0 Å². The standard InChI is InChI=1S/C14H29N3O/c1-11(2)17-14(18)10-16-12(3)9-13-7-5-4-6-8-15-13/h11-13,15-16H,4-10H2,1-3H3,(H,17,18). The van der Waals surface area contributed by atoms with Gasteiger partial charge in [0.05, 0.1) is 6.54 Å². The van der Waals surface area contributed by atoms with Gasteiger partial charge in [0.15, 0.2) is 0 Å². The van der Waals surface area contributed by atoms with Crippen LogP contribution in [0.4, 0.5) is 0 Å². The van der Waals surface area contributed by atoms with Crippen molar-refractivity contribution in [1.29, 1.82) is 0 Å². The average molecular weight is 255 g/mol. The van der Waals surface area contributed by atoms with E-state index in [1.54, 1.807) is 0 Å². The Kier molecular flexibility index (Phi) is 7.28. The zero-order chi connectivity index (χ0) is 13.4. The number of nitrogens with one attached hydrogen (secondary N) is 3. The number of rotatable bonds is 6. The molecule has 2 unspecified atom stereocenters. The van der Waals surface area contributed by atoms with Crippen molar-refractivity contribution >= 4 is 5.91 Å². The van der Waals surface area contributed by atoms with Gasteiger partial charge in [0.25, 0.3) is 0 Å². The zero-order valence-corrected chi connectivity index (χ0v) is 12.1. The number of amides is 1. The fraction of sp³-hybridized carbons (Fsp3) is 0.929. The molecule has 1 saturated heterocycles. The molecule has 0 aromatic rings. The summed E-state index contributed by atoms with van der Waals surface area (Å²) < 4.78 is 0. The normalized spacial score (nSPS) is 22.6. The second-order valence-electron chi connectivity index (χ2n) is 5.74. The van der Waals surface area contributed by atoms with Crippen LogP contribution in [0.2, 0.25) is 0 Å². The van der Waals surface area contributed by atoms with Crippen molar-refractivity contribution in [2.75, 3.05) is 13.1 Å². The Morgan fingerprint density at radius 2 is 2.06 bits per heavy atom. The van der Waals surface area contributed by atoms with Crippen molar-refractivity contribution in [2.45, 2.75) is 71.0 Å². The number of hydrogen-bond donors (Lipinski definition) is 3. The summed E-state index contributed by atoms with van der Waals surface area (Å²) >= 11 is 0.